The van der Waals surface area contributed by atoms with Crippen LogP contribution in [0.5, 0.6) is 0 Å². The average molecular weight is 245 g/mol. The normalized spacial score (nSPS) is 10.1. The lowest BCUT2D eigenvalue weighted by Gasteiger charge is -2.04. The molecule has 0 atom stereocenters. The Bertz CT molecular complexity index is 462. The van der Waals surface area contributed by atoms with Crippen molar-refractivity contribution in [2.45, 2.75) is 13.3 Å². The molecule has 0 aliphatic rings. The van der Waals surface area contributed by atoms with E-state index in [0.717, 1.165) is 0 Å². The number of hydrogen-bond acceptors (Lipinski definition) is 4. The van der Waals surface area contributed by atoms with Gasteiger partial charge in [-0.05, 0) is 6.92 Å². The Morgan fingerprint density at radius 2 is 2.12 bits per heavy atom. The molecule has 0 aliphatic heterocycles. The molecule has 0 aromatic heterocycles. The summed E-state index contributed by atoms with van der Waals surface area (Å²) in [7, 11) is 0. The molecule has 1 aromatic carbocycles. The Balaban J connectivity index is 3.12. The van der Waals surface area contributed by atoms with E-state index in [-0.39, 0.29) is 6.61 Å². The SMILES string of the molecule is CCOC(=O)Cc1c(F)cc(F)cc1[N+](=O)[O-]. The van der Waals surface area contributed by atoms with Gasteiger partial charge in [0, 0.05) is 6.07 Å². The number of carbonyl (C=O) groups excluding carboxylic acids is 1. The average Bonchev–Trinajstić information content (AvgIpc) is 2.21. The van der Waals surface area contributed by atoms with E-state index >= 15 is 0 Å². The molecule has 0 unspecified atom stereocenters. The van der Waals surface area contributed by atoms with Gasteiger partial charge in [0.05, 0.1) is 29.6 Å². The van der Waals surface area contributed by atoms with Crippen LogP contribution in [0.4, 0.5) is 14.5 Å². The third-order valence-corrected chi connectivity index (χ3v) is 1.96. The summed E-state index contributed by atoms with van der Waals surface area (Å²) in [5.74, 6) is -3.01. The molecule has 0 N–H and O–H groups in total. The molecule has 0 bridgehead atoms. The lowest BCUT2D eigenvalue weighted by molar-refractivity contribution is -0.385. The van der Waals surface area contributed by atoms with Gasteiger partial charge in [0.1, 0.15) is 11.6 Å². The monoisotopic (exact) mass is 245 g/mol. The van der Waals surface area contributed by atoms with E-state index in [4.69, 9.17) is 0 Å². The summed E-state index contributed by atoms with van der Waals surface area (Å²) in [6, 6.07) is 1.05. The van der Waals surface area contributed by atoms with Gasteiger partial charge in [0.15, 0.2) is 0 Å². The number of nitro benzene ring substituents is 1. The molecule has 0 radical (unpaired) electrons. The summed E-state index contributed by atoms with van der Waals surface area (Å²) in [5.41, 5.74) is -1.24. The minimum Gasteiger partial charge on any atom is -0.466 e. The minimum absolute atomic E-state index is 0.0788. The van der Waals surface area contributed by atoms with Gasteiger partial charge in [-0.1, -0.05) is 0 Å². The van der Waals surface area contributed by atoms with Gasteiger partial charge in [0.25, 0.3) is 5.69 Å². The van der Waals surface area contributed by atoms with E-state index in [1.165, 1.54) is 0 Å². The maximum absolute atomic E-state index is 13.3. The number of esters is 1. The fourth-order valence-corrected chi connectivity index (χ4v) is 1.28. The lowest BCUT2D eigenvalue weighted by atomic mass is 10.1. The molecule has 0 saturated carbocycles. The summed E-state index contributed by atoms with van der Waals surface area (Å²) >= 11 is 0. The van der Waals surface area contributed by atoms with Gasteiger partial charge < -0.3 is 4.74 Å². The molecular formula is C10H9F2NO4. The highest BCUT2D eigenvalue weighted by molar-refractivity contribution is 5.74. The predicted octanol–water partition coefficient (Wildman–Crippen LogP) is 1.98. The lowest BCUT2D eigenvalue weighted by Crippen LogP contribution is -2.11. The van der Waals surface area contributed by atoms with Crippen LogP contribution in [-0.2, 0) is 16.0 Å². The van der Waals surface area contributed by atoms with Gasteiger partial charge in [-0.3, -0.25) is 14.9 Å². The molecule has 7 heteroatoms. The summed E-state index contributed by atoms with van der Waals surface area (Å²) in [5, 5.41) is 10.6. The van der Waals surface area contributed by atoms with Crippen molar-refractivity contribution in [2.24, 2.45) is 0 Å². The van der Waals surface area contributed by atoms with Crippen molar-refractivity contribution in [3.05, 3.63) is 39.4 Å². The highest BCUT2D eigenvalue weighted by Crippen LogP contribution is 2.24. The molecule has 0 saturated heterocycles. The number of rotatable bonds is 4. The highest BCUT2D eigenvalue weighted by atomic mass is 19.1. The summed E-state index contributed by atoms with van der Waals surface area (Å²) in [4.78, 5) is 20.8. The third kappa shape index (κ3) is 3.20. The molecule has 17 heavy (non-hydrogen) atoms. The number of nitrogens with zero attached hydrogens (tertiary/aromatic N) is 1. The maximum Gasteiger partial charge on any atom is 0.310 e. The van der Waals surface area contributed by atoms with Gasteiger partial charge in [-0.25, -0.2) is 8.78 Å². The van der Waals surface area contributed by atoms with E-state index in [0.29, 0.717) is 12.1 Å². The van der Waals surface area contributed by atoms with Crippen LogP contribution in [0.1, 0.15) is 12.5 Å². The Kier molecular flexibility index (Phi) is 4.08. The topological polar surface area (TPSA) is 69.4 Å². The van der Waals surface area contributed by atoms with Crippen LogP contribution >= 0.6 is 0 Å². The smallest absolute Gasteiger partial charge is 0.310 e. The van der Waals surface area contributed by atoms with Crippen molar-refractivity contribution in [3.63, 3.8) is 0 Å². The van der Waals surface area contributed by atoms with Crippen LogP contribution in [0.15, 0.2) is 12.1 Å². The Morgan fingerprint density at radius 1 is 1.47 bits per heavy atom. The standard InChI is InChI=1S/C10H9F2NO4/c1-2-17-10(14)5-7-8(12)3-6(11)4-9(7)13(15)16/h3-4H,2,5H2,1H3. The van der Waals surface area contributed by atoms with E-state index < -0.39 is 40.2 Å². The molecule has 0 fully saturated rings. The number of hydrogen-bond donors (Lipinski definition) is 0. The second kappa shape index (κ2) is 5.33. The van der Waals surface area contributed by atoms with Crippen LogP contribution < -0.4 is 0 Å². The van der Waals surface area contributed by atoms with Crippen molar-refractivity contribution in [2.75, 3.05) is 6.61 Å². The third-order valence-electron chi connectivity index (χ3n) is 1.96. The molecule has 0 aliphatic carbocycles. The number of halogens is 2. The predicted molar refractivity (Wildman–Crippen MR) is 53.3 cm³/mol. The van der Waals surface area contributed by atoms with Crippen LogP contribution in [0.3, 0.4) is 0 Å². The number of benzene rings is 1. The number of carbonyl (C=O) groups is 1. The van der Waals surface area contributed by atoms with Crippen LogP contribution in [0.2, 0.25) is 0 Å². The first-order chi connectivity index (χ1) is 7.95. The summed E-state index contributed by atoms with van der Waals surface area (Å²) < 4.78 is 30.7. The van der Waals surface area contributed by atoms with Crippen molar-refractivity contribution in [3.8, 4) is 0 Å². The van der Waals surface area contributed by atoms with Gasteiger partial charge in [-0.2, -0.15) is 0 Å². The zero-order valence-corrected chi connectivity index (χ0v) is 8.91. The van der Waals surface area contributed by atoms with Crippen molar-refractivity contribution in [1.82, 2.24) is 0 Å². The molecule has 0 heterocycles. The molecule has 92 valence electrons. The quantitative estimate of drug-likeness (QED) is 0.462. The largest absolute Gasteiger partial charge is 0.466 e. The van der Waals surface area contributed by atoms with Crippen molar-refractivity contribution < 1.29 is 23.2 Å². The van der Waals surface area contributed by atoms with Gasteiger partial charge in [-0.15, -0.1) is 0 Å². The molecule has 0 spiro atoms. The van der Waals surface area contributed by atoms with E-state index in [9.17, 15) is 23.7 Å². The van der Waals surface area contributed by atoms with Gasteiger partial charge in [0.2, 0.25) is 0 Å². The van der Waals surface area contributed by atoms with E-state index in [1.54, 1.807) is 6.92 Å². The summed E-state index contributed by atoms with van der Waals surface area (Å²) in [6.45, 7) is 1.63. The first kappa shape index (κ1) is 13.0. The van der Waals surface area contributed by atoms with E-state index in [2.05, 4.69) is 4.74 Å². The number of nitro groups is 1. The maximum atomic E-state index is 13.3. The Labute approximate surface area is 95.2 Å². The molecule has 5 nitrogen and oxygen atoms in total. The number of ether oxygens (including phenoxy) is 1. The molecule has 0 amide bonds. The zero-order chi connectivity index (χ0) is 13.0. The highest BCUT2D eigenvalue weighted by Gasteiger charge is 2.22. The van der Waals surface area contributed by atoms with E-state index in [1.807, 2.05) is 0 Å². The fourth-order valence-electron chi connectivity index (χ4n) is 1.28. The van der Waals surface area contributed by atoms with Crippen molar-refractivity contribution in [1.29, 1.82) is 0 Å². The van der Waals surface area contributed by atoms with Crippen LogP contribution in [-0.4, -0.2) is 17.5 Å². The van der Waals surface area contributed by atoms with Crippen LogP contribution in [0, 0.1) is 21.7 Å². The fraction of sp³-hybridized carbons (Fsp3) is 0.300. The molecule has 1 aromatic rings. The Hall–Kier alpha value is -2.05. The first-order valence-corrected chi connectivity index (χ1v) is 4.73. The molecular weight excluding hydrogens is 236 g/mol. The summed E-state index contributed by atoms with van der Waals surface area (Å²) in [6.07, 6.45) is -0.601. The minimum atomic E-state index is -1.13. The second-order valence-corrected chi connectivity index (χ2v) is 3.12. The Morgan fingerprint density at radius 3 is 2.65 bits per heavy atom. The zero-order valence-electron chi connectivity index (χ0n) is 8.91. The van der Waals surface area contributed by atoms with Crippen LogP contribution in [0.25, 0.3) is 0 Å². The van der Waals surface area contributed by atoms with Crippen molar-refractivity contribution >= 4 is 11.7 Å². The van der Waals surface area contributed by atoms with Gasteiger partial charge >= 0.3 is 5.97 Å². The molecule has 1 rings (SSSR count). The second-order valence-electron chi connectivity index (χ2n) is 3.12. The first-order valence-electron chi connectivity index (χ1n) is 4.73.